The van der Waals surface area contributed by atoms with Crippen LogP contribution in [0.25, 0.3) is 0 Å². The smallest absolute Gasteiger partial charge is 0.407 e. The number of nitrogens with one attached hydrogen (secondary N) is 1. The summed E-state index contributed by atoms with van der Waals surface area (Å²) in [6.07, 6.45) is 4.01. The number of carboxylic acid groups (broad SMARTS) is 1. The van der Waals surface area contributed by atoms with Crippen LogP contribution in [0.1, 0.15) is 62.6 Å². The van der Waals surface area contributed by atoms with Crippen molar-refractivity contribution in [1.82, 2.24) is 20.3 Å². The van der Waals surface area contributed by atoms with E-state index in [0.717, 1.165) is 12.8 Å². The highest BCUT2D eigenvalue weighted by molar-refractivity contribution is 5.86. The highest BCUT2D eigenvalue weighted by Gasteiger charge is 2.24. The van der Waals surface area contributed by atoms with Crippen LogP contribution in [0.5, 0.6) is 0 Å². The topological polar surface area (TPSA) is 106 Å². The summed E-state index contributed by atoms with van der Waals surface area (Å²) < 4.78 is 6.76. The molecule has 0 aliphatic heterocycles. The van der Waals surface area contributed by atoms with Crippen molar-refractivity contribution in [3.63, 3.8) is 0 Å². The molecule has 1 fully saturated rings. The number of hydrogen-bond donors (Lipinski definition) is 2. The van der Waals surface area contributed by atoms with Gasteiger partial charge in [0.2, 0.25) is 0 Å². The minimum Gasteiger partial charge on any atom is -0.476 e. The number of ether oxygens (including phenoxy) is 1. The van der Waals surface area contributed by atoms with E-state index in [1.807, 2.05) is 0 Å². The van der Waals surface area contributed by atoms with Crippen molar-refractivity contribution < 1.29 is 19.4 Å². The monoisotopic (exact) mass is 324 g/mol. The lowest BCUT2D eigenvalue weighted by Gasteiger charge is -2.20. The molecule has 0 atom stereocenters. The van der Waals surface area contributed by atoms with Gasteiger partial charge in [-0.25, -0.2) is 14.3 Å². The van der Waals surface area contributed by atoms with Crippen LogP contribution >= 0.6 is 0 Å². The Hall–Kier alpha value is -2.12. The SMILES string of the molecule is CC(C)(C)OC(=O)NCc1c(C(=O)O)nnn1CC1CCCC1. The number of aromatic nitrogens is 3. The molecule has 0 unspecified atom stereocenters. The van der Waals surface area contributed by atoms with E-state index in [4.69, 9.17) is 4.74 Å². The highest BCUT2D eigenvalue weighted by Crippen LogP contribution is 2.26. The van der Waals surface area contributed by atoms with Gasteiger partial charge in [-0.1, -0.05) is 18.1 Å². The fraction of sp³-hybridized carbons (Fsp3) is 0.733. The maximum Gasteiger partial charge on any atom is 0.407 e. The van der Waals surface area contributed by atoms with E-state index in [1.165, 1.54) is 12.8 Å². The van der Waals surface area contributed by atoms with Gasteiger partial charge in [-0.15, -0.1) is 5.10 Å². The Kier molecular flexibility index (Phi) is 5.23. The van der Waals surface area contributed by atoms with E-state index in [9.17, 15) is 14.7 Å². The van der Waals surface area contributed by atoms with E-state index in [2.05, 4.69) is 15.6 Å². The Morgan fingerprint density at radius 3 is 2.57 bits per heavy atom. The van der Waals surface area contributed by atoms with Crippen LogP contribution in [-0.4, -0.2) is 37.8 Å². The van der Waals surface area contributed by atoms with E-state index in [0.29, 0.717) is 18.2 Å². The zero-order valence-electron chi connectivity index (χ0n) is 13.8. The number of alkyl carbamates (subject to hydrolysis) is 1. The standard InChI is InChI=1S/C15H24N4O4/c1-15(2,3)23-14(22)16-8-11-12(13(20)21)17-18-19(11)9-10-6-4-5-7-10/h10H,4-9H2,1-3H3,(H,16,22)(H,20,21). The Labute approximate surface area is 135 Å². The summed E-state index contributed by atoms with van der Waals surface area (Å²) in [6.45, 7) is 5.95. The van der Waals surface area contributed by atoms with Crippen molar-refractivity contribution in [3.05, 3.63) is 11.4 Å². The molecule has 1 aromatic rings. The van der Waals surface area contributed by atoms with Crippen LogP contribution in [0.15, 0.2) is 0 Å². The summed E-state index contributed by atoms with van der Waals surface area (Å²) in [4.78, 5) is 23.0. The molecule has 2 N–H and O–H groups in total. The van der Waals surface area contributed by atoms with Gasteiger partial charge in [0.25, 0.3) is 0 Å². The molecule has 1 aliphatic carbocycles. The zero-order valence-corrected chi connectivity index (χ0v) is 13.8. The minimum atomic E-state index is -1.15. The number of nitrogens with zero attached hydrogens (tertiary/aromatic N) is 3. The van der Waals surface area contributed by atoms with Crippen LogP contribution in [-0.2, 0) is 17.8 Å². The summed E-state index contributed by atoms with van der Waals surface area (Å²) in [5.41, 5.74) is -0.337. The Morgan fingerprint density at radius 2 is 2.00 bits per heavy atom. The lowest BCUT2D eigenvalue weighted by atomic mass is 10.1. The quantitative estimate of drug-likeness (QED) is 0.860. The van der Waals surface area contributed by atoms with Crippen molar-refractivity contribution >= 4 is 12.1 Å². The van der Waals surface area contributed by atoms with Gasteiger partial charge in [-0.3, -0.25) is 0 Å². The Morgan fingerprint density at radius 1 is 1.35 bits per heavy atom. The molecule has 1 heterocycles. The summed E-state index contributed by atoms with van der Waals surface area (Å²) in [5, 5.41) is 19.5. The molecule has 1 amide bonds. The van der Waals surface area contributed by atoms with E-state index in [-0.39, 0.29) is 12.2 Å². The molecule has 0 saturated heterocycles. The molecule has 128 valence electrons. The first kappa shape index (κ1) is 17.2. The predicted octanol–water partition coefficient (Wildman–Crippen LogP) is 2.19. The number of carboxylic acids is 1. The summed E-state index contributed by atoms with van der Waals surface area (Å²) in [7, 11) is 0. The van der Waals surface area contributed by atoms with Crippen molar-refractivity contribution in [3.8, 4) is 0 Å². The van der Waals surface area contributed by atoms with E-state index < -0.39 is 17.7 Å². The molecule has 1 saturated carbocycles. The Balaban J connectivity index is 2.06. The first-order valence-electron chi connectivity index (χ1n) is 7.89. The van der Waals surface area contributed by atoms with Gasteiger partial charge in [0.15, 0.2) is 5.69 Å². The number of aromatic carboxylic acids is 1. The maximum absolute atomic E-state index is 11.8. The van der Waals surface area contributed by atoms with Crippen LogP contribution in [0.2, 0.25) is 0 Å². The fourth-order valence-electron chi connectivity index (χ4n) is 2.73. The van der Waals surface area contributed by atoms with Gasteiger partial charge < -0.3 is 15.2 Å². The minimum absolute atomic E-state index is 0.0241. The zero-order chi connectivity index (χ0) is 17.0. The van der Waals surface area contributed by atoms with Gasteiger partial charge in [-0.2, -0.15) is 0 Å². The van der Waals surface area contributed by atoms with Gasteiger partial charge in [0.05, 0.1) is 12.2 Å². The molecule has 8 nitrogen and oxygen atoms in total. The third-order valence-electron chi connectivity index (χ3n) is 3.75. The first-order chi connectivity index (χ1) is 10.8. The Bertz CT molecular complexity index is 571. The summed E-state index contributed by atoms with van der Waals surface area (Å²) in [5.74, 6) is -0.665. The van der Waals surface area contributed by atoms with Crippen molar-refractivity contribution in [2.24, 2.45) is 5.92 Å². The van der Waals surface area contributed by atoms with E-state index >= 15 is 0 Å². The lowest BCUT2D eigenvalue weighted by Crippen LogP contribution is -2.33. The molecule has 0 radical (unpaired) electrons. The molecular weight excluding hydrogens is 300 g/mol. The molecule has 0 spiro atoms. The molecule has 2 rings (SSSR count). The maximum atomic E-state index is 11.8. The second-order valence-electron chi connectivity index (χ2n) is 6.88. The molecule has 8 heteroatoms. The average molecular weight is 324 g/mol. The van der Waals surface area contributed by atoms with Gasteiger partial charge in [-0.05, 0) is 39.5 Å². The van der Waals surface area contributed by atoms with Crippen LogP contribution in [0.3, 0.4) is 0 Å². The van der Waals surface area contributed by atoms with Gasteiger partial charge in [0, 0.05) is 6.54 Å². The second kappa shape index (κ2) is 6.97. The number of rotatable bonds is 5. The van der Waals surface area contributed by atoms with Gasteiger partial charge >= 0.3 is 12.1 Å². The number of amides is 1. The highest BCUT2D eigenvalue weighted by atomic mass is 16.6. The predicted molar refractivity (Wildman–Crippen MR) is 82.0 cm³/mol. The van der Waals surface area contributed by atoms with Crippen molar-refractivity contribution in [2.45, 2.75) is 65.1 Å². The van der Waals surface area contributed by atoms with Crippen molar-refractivity contribution in [2.75, 3.05) is 0 Å². The summed E-state index contributed by atoms with van der Waals surface area (Å²) in [6, 6.07) is 0. The molecule has 1 aliphatic rings. The fourth-order valence-corrected chi connectivity index (χ4v) is 2.73. The third kappa shape index (κ3) is 4.94. The average Bonchev–Trinajstić information content (AvgIpc) is 3.04. The van der Waals surface area contributed by atoms with Gasteiger partial charge in [0.1, 0.15) is 5.60 Å². The van der Waals surface area contributed by atoms with Crippen molar-refractivity contribution in [1.29, 1.82) is 0 Å². The summed E-state index contributed by atoms with van der Waals surface area (Å²) >= 11 is 0. The molecule has 0 aromatic carbocycles. The number of carbonyl (C=O) groups is 2. The number of carbonyl (C=O) groups excluding carboxylic acids is 1. The number of hydrogen-bond acceptors (Lipinski definition) is 5. The van der Waals surface area contributed by atoms with Crippen LogP contribution < -0.4 is 5.32 Å². The molecule has 23 heavy (non-hydrogen) atoms. The molecule has 0 bridgehead atoms. The van der Waals surface area contributed by atoms with E-state index in [1.54, 1.807) is 25.5 Å². The van der Waals surface area contributed by atoms with Crippen LogP contribution in [0.4, 0.5) is 4.79 Å². The second-order valence-corrected chi connectivity index (χ2v) is 6.88. The first-order valence-corrected chi connectivity index (χ1v) is 7.89. The third-order valence-corrected chi connectivity index (χ3v) is 3.75. The normalized spacial score (nSPS) is 15.6. The largest absolute Gasteiger partial charge is 0.476 e. The molecule has 1 aromatic heterocycles. The molecular formula is C15H24N4O4. The van der Waals surface area contributed by atoms with Crippen LogP contribution in [0, 0.1) is 5.92 Å². The lowest BCUT2D eigenvalue weighted by molar-refractivity contribution is 0.0519.